The Morgan fingerprint density at radius 3 is 2.53 bits per heavy atom. The van der Waals surface area contributed by atoms with Gasteiger partial charge in [-0.15, -0.1) is 11.8 Å². The number of rotatable bonds is 3. The fraction of sp³-hybridized carbons (Fsp3) is 0.750. The Morgan fingerprint density at radius 1 is 1.37 bits per heavy atom. The fourth-order valence-corrected chi connectivity index (χ4v) is 5.08. The van der Waals surface area contributed by atoms with Crippen LogP contribution >= 0.6 is 11.8 Å². The predicted octanol–water partition coefficient (Wildman–Crippen LogP) is 0.519. The lowest BCUT2D eigenvalue weighted by molar-refractivity contribution is 0.130. The zero-order valence-electron chi connectivity index (χ0n) is 11.1. The number of sulfone groups is 1. The second kappa shape index (κ2) is 6.16. The van der Waals surface area contributed by atoms with E-state index in [0.29, 0.717) is 11.5 Å². The van der Waals surface area contributed by atoms with E-state index in [9.17, 15) is 8.42 Å². The first-order chi connectivity index (χ1) is 9.05. The van der Waals surface area contributed by atoms with Gasteiger partial charge in [-0.3, -0.25) is 4.90 Å². The van der Waals surface area contributed by atoms with Crippen LogP contribution in [0.5, 0.6) is 0 Å². The van der Waals surface area contributed by atoms with E-state index in [0.717, 1.165) is 37.6 Å². The molecule has 2 heterocycles. The molecule has 0 bridgehead atoms. The minimum absolute atomic E-state index is 0.199. The van der Waals surface area contributed by atoms with E-state index in [1.165, 1.54) is 0 Å². The molecule has 0 spiro atoms. The van der Waals surface area contributed by atoms with Crippen LogP contribution in [-0.2, 0) is 9.84 Å². The lowest BCUT2D eigenvalue weighted by atomic mass is 10.2. The van der Waals surface area contributed by atoms with Crippen molar-refractivity contribution in [3.63, 3.8) is 0 Å². The molecule has 2 fully saturated rings. The van der Waals surface area contributed by atoms with Crippen LogP contribution in [0.1, 0.15) is 6.42 Å². The van der Waals surface area contributed by atoms with Crippen LogP contribution in [0, 0.1) is 11.3 Å². The van der Waals surface area contributed by atoms with Gasteiger partial charge >= 0.3 is 0 Å². The highest BCUT2D eigenvalue weighted by atomic mass is 32.2. The molecule has 1 unspecified atom stereocenters. The number of hydrogen-bond donors (Lipinski definition) is 0. The average molecular weight is 301 g/mol. The second-order valence-electron chi connectivity index (χ2n) is 4.90. The number of hydrogen-bond acceptors (Lipinski definition) is 6. The third-order valence-electron chi connectivity index (χ3n) is 3.75. The molecular weight excluding hydrogens is 282 g/mol. The van der Waals surface area contributed by atoms with Crippen molar-refractivity contribution in [3.8, 4) is 6.07 Å². The van der Waals surface area contributed by atoms with E-state index < -0.39 is 9.84 Å². The topological polar surface area (TPSA) is 64.4 Å². The van der Waals surface area contributed by atoms with Crippen molar-refractivity contribution in [2.75, 3.05) is 43.9 Å². The molecule has 2 saturated heterocycles. The Balaban J connectivity index is 1.90. The van der Waals surface area contributed by atoms with Gasteiger partial charge in [-0.05, 0) is 12.7 Å². The van der Waals surface area contributed by atoms with E-state index in [1.54, 1.807) is 17.8 Å². The Kier molecular flexibility index (Phi) is 4.76. The summed E-state index contributed by atoms with van der Waals surface area (Å²) in [6, 6.07) is 2.27. The molecule has 1 atom stereocenters. The summed E-state index contributed by atoms with van der Waals surface area (Å²) >= 11 is 1.58. The lowest BCUT2D eigenvalue weighted by Gasteiger charge is -2.39. The molecule has 7 heteroatoms. The van der Waals surface area contributed by atoms with Crippen LogP contribution in [0.4, 0.5) is 0 Å². The van der Waals surface area contributed by atoms with Gasteiger partial charge in [0.05, 0.1) is 22.6 Å². The first kappa shape index (κ1) is 14.7. The van der Waals surface area contributed by atoms with Gasteiger partial charge in [0.15, 0.2) is 9.84 Å². The second-order valence-corrected chi connectivity index (χ2v) is 7.95. The molecule has 19 heavy (non-hydrogen) atoms. The van der Waals surface area contributed by atoms with Gasteiger partial charge in [0.1, 0.15) is 0 Å². The third kappa shape index (κ3) is 3.65. The molecule has 0 aromatic heterocycles. The average Bonchev–Trinajstić information content (AvgIpc) is 2.77. The Labute approximate surface area is 119 Å². The summed E-state index contributed by atoms with van der Waals surface area (Å²) < 4.78 is 23.0. The van der Waals surface area contributed by atoms with Gasteiger partial charge in [-0.2, -0.15) is 5.26 Å². The van der Waals surface area contributed by atoms with Crippen LogP contribution in [0.15, 0.2) is 11.1 Å². The summed E-state index contributed by atoms with van der Waals surface area (Å²) in [6.07, 6.45) is 4.32. The first-order valence-electron chi connectivity index (χ1n) is 6.39. The molecule has 0 saturated carbocycles. The summed E-state index contributed by atoms with van der Waals surface area (Å²) in [5.74, 6) is 0.651. The lowest BCUT2D eigenvalue weighted by Crippen LogP contribution is -2.50. The normalized spacial score (nSPS) is 28.3. The zero-order chi connectivity index (χ0) is 13.9. The summed E-state index contributed by atoms with van der Waals surface area (Å²) in [5, 5.41) is 9.74. The van der Waals surface area contributed by atoms with Crippen LogP contribution in [0.3, 0.4) is 0 Å². The SMILES string of the molecule is CS/C(=C/C#N)N1CCN(C2CCS(=O)(=O)C2)CC1. The van der Waals surface area contributed by atoms with E-state index in [4.69, 9.17) is 5.26 Å². The van der Waals surface area contributed by atoms with Crippen molar-refractivity contribution in [1.82, 2.24) is 9.80 Å². The van der Waals surface area contributed by atoms with Crippen molar-refractivity contribution >= 4 is 21.6 Å². The first-order valence-corrected chi connectivity index (χ1v) is 9.43. The molecule has 2 aliphatic heterocycles. The maximum absolute atomic E-state index is 11.5. The molecule has 0 radical (unpaired) electrons. The van der Waals surface area contributed by atoms with Crippen LogP contribution in [0.25, 0.3) is 0 Å². The Morgan fingerprint density at radius 2 is 2.05 bits per heavy atom. The molecule has 0 N–H and O–H groups in total. The van der Waals surface area contributed by atoms with Gasteiger partial charge in [-0.25, -0.2) is 8.42 Å². The van der Waals surface area contributed by atoms with Gasteiger partial charge in [0, 0.05) is 38.3 Å². The molecule has 2 rings (SSSR count). The van der Waals surface area contributed by atoms with Crippen molar-refractivity contribution in [1.29, 1.82) is 5.26 Å². The highest BCUT2D eigenvalue weighted by Crippen LogP contribution is 2.23. The van der Waals surface area contributed by atoms with Gasteiger partial charge in [-0.1, -0.05) is 0 Å². The number of thioether (sulfide) groups is 1. The Hall–Kier alpha value is -0.710. The van der Waals surface area contributed by atoms with E-state index >= 15 is 0 Å². The summed E-state index contributed by atoms with van der Waals surface area (Å²) in [4.78, 5) is 4.49. The zero-order valence-corrected chi connectivity index (χ0v) is 12.7. The quantitative estimate of drug-likeness (QED) is 0.708. The highest BCUT2D eigenvalue weighted by Gasteiger charge is 2.33. The molecule has 2 aliphatic rings. The van der Waals surface area contributed by atoms with E-state index in [-0.39, 0.29) is 6.04 Å². The van der Waals surface area contributed by atoms with Crippen molar-refractivity contribution in [3.05, 3.63) is 11.1 Å². The van der Waals surface area contributed by atoms with Crippen LogP contribution in [-0.4, -0.2) is 68.2 Å². The minimum atomic E-state index is -2.80. The van der Waals surface area contributed by atoms with Crippen molar-refractivity contribution < 1.29 is 8.42 Å². The fourth-order valence-electron chi connectivity index (χ4n) is 2.71. The number of piperazine rings is 1. The maximum atomic E-state index is 11.5. The smallest absolute Gasteiger partial charge is 0.151 e. The van der Waals surface area contributed by atoms with Crippen LogP contribution in [0.2, 0.25) is 0 Å². The van der Waals surface area contributed by atoms with Crippen LogP contribution < -0.4 is 0 Å². The van der Waals surface area contributed by atoms with E-state index in [1.807, 2.05) is 6.26 Å². The molecule has 0 aromatic carbocycles. The van der Waals surface area contributed by atoms with Crippen molar-refractivity contribution in [2.45, 2.75) is 12.5 Å². The highest BCUT2D eigenvalue weighted by molar-refractivity contribution is 8.02. The Bertz CT molecular complexity index is 488. The molecule has 5 nitrogen and oxygen atoms in total. The monoisotopic (exact) mass is 301 g/mol. The van der Waals surface area contributed by atoms with Crippen molar-refractivity contribution in [2.24, 2.45) is 0 Å². The number of nitrogens with zero attached hydrogens (tertiary/aromatic N) is 3. The number of allylic oxidation sites excluding steroid dienone is 1. The predicted molar refractivity (Wildman–Crippen MR) is 77.4 cm³/mol. The minimum Gasteiger partial charge on any atom is -0.363 e. The maximum Gasteiger partial charge on any atom is 0.151 e. The molecule has 0 amide bonds. The largest absolute Gasteiger partial charge is 0.363 e. The van der Waals surface area contributed by atoms with Gasteiger partial charge in [0.2, 0.25) is 0 Å². The molecule has 0 aromatic rings. The third-order valence-corrected chi connectivity index (χ3v) is 6.29. The molecule has 0 aliphatic carbocycles. The van der Waals surface area contributed by atoms with Gasteiger partial charge < -0.3 is 4.90 Å². The summed E-state index contributed by atoms with van der Waals surface area (Å²) in [5.41, 5.74) is 0. The summed E-state index contributed by atoms with van der Waals surface area (Å²) in [6.45, 7) is 3.49. The van der Waals surface area contributed by atoms with Gasteiger partial charge in [0.25, 0.3) is 0 Å². The van der Waals surface area contributed by atoms with E-state index in [2.05, 4.69) is 15.9 Å². The summed E-state index contributed by atoms with van der Waals surface area (Å²) in [7, 11) is -2.80. The molecular formula is C12H19N3O2S2. The standard InChI is InChI=1S/C12H19N3O2S2/c1-18-12(2-4-13)15-7-5-14(6-8-15)11-3-9-19(16,17)10-11/h2,11H,3,5-10H2,1H3/b12-2+. The molecule has 106 valence electrons. The number of nitriles is 1.